The summed E-state index contributed by atoms with van der Waals surface area (Å²) in [6.45, 7) is 3.75. The van der Waals surface area contributed by atoms with Gasteiger partial charge in [0.2, 0.25) is 0 Å². The molecule has 1 amide bonds. The molecule has 0 aliphatic rings. The normalized spacial score (nSPS) is 11.7. The van der Waals surface area contributed by atoms with E-state index in [1.165, 1.54) is 12.3 Å². The summed E-state index contributed by atoms with van der Waals surface area (Å²) >= 11 is 5.55. The quantitative estimate of drug-likeness (QED) is 0.537. The summed E-state index contributed by atoms with van der Waals surface area (Å²) in [5.41, 5.74) is 1.12. The molecule has 2 aromatic rings. The minimum absolute atomic E-state index is 0.121. The smallest absolute Gasteiger partial charge is 0.360 e. The first-order valence-corrected chi connectivity index (χ1v) is 8.12. The fourth-order valence-electron chi connectivity index (χ4n) is 2.21. The number of nitrogens with one attached hydrogen (secondary N) is 2. The zero-order valence-corrected chi connectivity index (χ0v) is 15.2. The minimum Gasteiger partial charge on any atom is -0.360 e. The van der Waals surface area contributed by atoms with Crippen molar-refractivity contribution in [2.45, 2.75) is 20.0 Å². The number of hydrogen-bond acceptors (Lipinski definition) is 3. The molecular formula is C19H15ClF3N3O. The second kappa shape index (κ2) is 8.14. The van der Waals surface area contributed by atoms with Gasteiger partial charge >= 0.3 is 6.18 Å². The highest BCUT2D eigenvalue weighted by atomic mass is 35.5. The van der Waals surface area contributed by atoms with Gasteiger partial charge in [0.25, 0.3) is 5.91 Å². The SMILES string of the molecule is Cc1ccc(C)c(N/C=C(/C#N)C(=O)Nc2ccc(Cl)c(C(F)(F)F)c2)c1. The maximum Gasteiger partial charge on any atom is 0.417 e. The average molecular weight is 394 g/mol. The molecular weight excluding hydrogens is 379 g/mol. The van der Waals surface area contributed by atoms with Crippen molar-refractivity contribution in [3.05, 3.63) is 69.9 Å². The Morgan fingerprint density at radius 2 is 1.89 bits per heavy atom. The summed E-state index contributed by atoms with van der Waals surface area (Å²) in [5.74, 6) is -0.842. The number of halogens is 4. The molecule has 0 spiro atoms. The van der Waals surface area contributed by atoms with Gasteiger partial charge in [0.15, 0.2) is 0 Å². The van der Waals surface area contributed by atoms with Crippen molar-refractivity contribution in [3.63, 3.8) is 0 Å². The Labute approximate surface area is 159 Å². The second-order valence-corrected chi connectivity index (χ2v) is 6.19. The molecule has 0 atom stereocenters. The second-order valence-electron chi connectivity index (χ2n) is 5.78. The predicted molar refractivity (Wildman–Crippen MR) is 98.3 cm³/mol. The Balaban J connectivity index is 2.20. The van der Waals surface area contributed by atoms with Gasteiger partial charge in [-0.3, -0.25) is 4.79 Å². The summed E-state index contributed by atoms with van der Waals surface area (Å²) in [5, 5.41) is 13.8. The van der Waals surface area contributed by atoms with E-state index < -0.39 is 22.7 Å². The molecule has 4 nitrogen and oxygen atoms in total. The van der Waals surface area contributed by atoms with E-state index in [-0.39, 0.29) is 11.3 Å². The highest BCUT2D eigenvalue weighted by Gasteiger charge is 2.33. The molecule has 0 aromatic heterocycles. The fourth-order valence-corrected chi connectivity index (χ4v) is 2.43. The van der Waals surface area contributed by atoms with Gasteiger partial charge in [0.1, 0.15) is 11.6 Å². The Kier molecular flexibility index (Phi) is 6.13. The third-order valence-corrected chi connectivity index (χ3v) is 3.99. The number of carbonyl (C=O) groups is 1. The van der Waals surface area contributed by atoms with Crippen molar-refractivity contribution >= 4 is 28.9 Å². The van der Waals surface area contributed by atoms with Crippen LogP contribution >= 0.6 is 11.6 Å². The summed E-state index contributed by atoms with van der Waals surface area (Å²) in [6.07, 6.45) is -3.45. The van der Waals surface area contributed by atoms with Crippen LogP contribution in [0.1, 0.15) is 16.7 Å². The van der Waals surface area contributed by atoms with E-state index in [4.69, 9.17) is 11.6 Å². The van der Waals surface area contributed by atoms with Crippen LogP contribution in [-0.4, -0.2) is 5.91 Å². The van der Waals surface area contributed by atoms with Crippen LogP contribution in [0.4, 0.5) is 24.5 Å². The molecule has 0 radical (unpaired) electrons. The Hall–Kier alpha value is -2.98. The topological polar surface area (TPSA) is 64.9 Å². The van der Waals surface area contributed by atoms with Gasteiger partial charge in [-0.1, -0.05) is 23.7 Å². The van der Waals surface area contributed by atoms with E-state index >= 15 is 0 Å². The Morgan fingerprint density at radius 1 is 1.19 bits per heavy atom. The zero-order valence-electron chi connectivity index (χ0n) is 14.4. The number of rotatable bonds is 4. The first kappa shape index (κ1) is 20.3. The van der Waals surface area contributed by atoms with Gasteiger partial charge in [-0.25, -0.2) is 0 Å². The van der Waals surface area contributed by atoms with Crippen molar-refractivity contribution < 1.29 is 18.0 Å². The number of benzene rings is 2. The number of alkyl halides is 3. The molecule has 0 fully saturated rings. The van der Waals surface area contributed by atoms with E-state index in [0.717, 1.165) is 17.2 Å². The molecule has 0 bridgehead atoms. The van der Waals surface area contributed by atoms with E-state index in [1.54, 1.807) is 6.07 Å². The van der Waals surface area contributed by atoms with Crippen LogP contribution in [0, 0.1) is 25.2 Å². The molecule has 2 rings (SSSR count). The number of amides is 1. The summed E-state index contributed by atoms with van der Waals surface area (Å²) in [4.78, 5) is 12.2. The van der Waals surface area contributed by atoms with Crippen LogP contribution < -0.4 is 10.6 Å². The molecule has 0 aliphatic heterocycles. The molecule has 2 aromatic carbocycles. The van der Waals surface area contributed by atoms with Crippen molar-refractivity contribution in [3.8, 4) is 6.07 Å². The number of hydrogen-bond donors (Lipinski definition) is 2. The van der Waals surface area contributed by atoms with Crippen molar-refractivity contribution in [2.75, 3.05) is 10.6 Å². The number of carbonyl (C=O) groups excluding carboxylic acids is 1. The standard InChI is InChI=1S/C19H15ClF3N3O/c1-11-3-4-12(2)17(7-11)25-10-13(9-24)18(27)26-14-5-6-16(20)15(8-14)19(21,22)23/h3-8,10,25H,1-2H3,(H,26,27)/b13-10-. The summed E-state index contributed by atoms with van der Waals surface area (Å²) in [7, 11) is 0. The number of nitrogens with zero attached hydrogens (tertiary/aromatic N) is 1. The fraction of sp³-hybridized carbons (Fsp3) is 0.158. The maximum atomic E-state index is 12.9. The van der Waals surface area contributed by atoms with Crippen LogP contribution in [0.25, 0.3) is 0 Å². The monoisotopic (exact) mass is 393 g/mol. The van der Waals surface area contributed by atoms with Gasteiger partial charge in [-0.15, -0.1) is 0 Å². The third kappa shape index (κ3) is 5.25. The molecule has 0 aliphatic carbocycles. The highest BCUT2D eigenvalue weighted by Crippen LogP contribution is 2.36. The number of anilines is 2. The average Bonchev–Trinajstić information content (AvgIpc) is 2.59. The first-order valence-electron chi connectivity index (χ1n) is 7.74. The van der Waals surface area contributed by atoms with E-state index in [2.05, 4.69) is 10.6 Å². The molecule has 2 N–H and O–H groups in total. The molecule has 140 valence electrons. The lowest BCUT2D eigenvalue weighted by Gasteiger charge is -2.12. The molecule has 0 saturated carbocycles. The van der Waals surface area contributed by atoms with Crippen LogP contribution in [0.3, 0.4) is 0 Å². The summed E-state index contributed by atoms with van der Waals surface area (Å²) in [6, 6.07) is 10.3. The van der Waals surface area contributed by atoms with Crippen molar-refractivity contribution in [1.82, 2.24) is 0 Å². The summed E-state index contributed by atoms with van der Waals surface area (Å²) < 4.78 is 38.7. The van der Waals surface area contributed by atoms with Crippen LogP contribution in [0.15, 0.2) is 48.2 Å². The third-order valence-electron chi connectivity index (χ3n) is 3.66. The molecule has 0 heterocycles. The lowest BCUT2D eigenvalue weighted by Crippen LogP contribution is -2.15. The van der Waals surface area contributed by atoms with Crippen molar-refractivity contribution in [1.29, 1.82) is 5.26 Å². The largest absolute Gasteiger partial charge is 0.417 e. The molecule has 0 saturated heterocycles. The van der Waals surface area contributed by atoms with Gasteiger partial charge in [0, 0.05) is 17.6 Å². The van der Waals surface area contributed by atoms with Crippen LogP contribution in [-0.2, 0) is 11.0 Å². The molecule has 8 heteroatoms. The molecule has 27 heavy (non-hydrogen) atoms. The van der Waals surface area contributed by atoms with Gasteiger partial charge in [0.05, 0.1) is 10.6 Å². The highest BCUT2D eigenvalue weighted by molar-refractivity contribution is 6.31. The number of nitriles is 1. The lowest BCUT2D eigenvalue weighted by molar-refractivity contribution is -0.137. The van der Waals surface area contributed by atoms with Gasteiger partial charge in [-0.2, -0.15) is 18.4 Å². The lowest BCUT2D eigenvalue weighted by atomic mass is 10.1. The molecule has 0 unspecified atom stereocenters. The predicted octanol–water partition coefficient (Wildman–Crippen LogP) is 5.43. The van der Waals surface area contributed by atoms with Crippen LogP contribution in [0.2, 0.25) is 5.02 Å². The number of aryl methyl sites for hydroxylation is 2. The first-order chi connectivity index (χ1) is 12.6. The Bertz CT molecular complexity index is 946. The van der Waals surface area contributed by atoms with Crippen LogP contribution in [0.5, 0.6) is 0 Å². The van der Waals surface area contributed by atoms with Crippen molar-refractivity contribution in [2.24, 2.45) is 0 Å². The van der Waals surface area contributed by atoms with Gasteiger partial charge < -0.3 is 10.6 Å². The van der Waals surface area contributed by atoms with E-state index in [1.807, 2.05) is 32.0 Å². The van der Waals surface area contributed by atoms with E-state index in [0.29, 0.717) is 11.8 Å². The van der Waals surface area contributed by atoms with Gasteiger partial charge in [-0.05, 0) is 49.2 Å². The maximum absolute atomic E-state index is 12.9. The minimum atomic E-state index is -4.66. The van der Waals surface area contributed by atoms with E-state index in [9.17, 15) is 23.2 Å². The Morgan fingerprint density at radius 3 is 2.52 bits per heavy atom. The zero-order chi connectivity index (χ0) is 20.2.